The van der Waals surface area contributed by atoms with Gasteiger partial charge in [-0.15, -0.1) is 5.10 Å². The fourth-order valence-corrected chi connectivity index (χ4v) is 2.24. The van der Waals surface area contributed by atoms with E-state index in [0.717, 1.165) is 31.2 Å². The van der Waals surface area contributed by atoms with Crippen molar-refractivity contribution in [3.8, 4) is 0 Å². The van der Waals surface area contributed by atoms with E-state index in [1.54, 1.807) is 0 Å². The van der Waals surface area contributed by atoms with Crippen molar-refractivity contribution < 1.29 is 0 Å². The summed E-state index contributed by atoms with van der Waals surface area (Å²) in [6.07, 6.45) is 4.70. The molecule has 5 nitrogen and oxygen atoms in total. The quantitative estimate of drug-likeness (QED) is 0.820. The molecule has 0 unspecified atom stereocenters. The number of hydrogen-bond acceptors (Lipinski definition) is 4. The lowest BCUT2D eigenvalue weighted by Crippen LogP contribution is -2.35. The van der Waals surface area contributed by atoms with Gasteiger partial charge in [-0.2, -0.15) is 0 Å². The molecule has 17 heavy (non-hydrogen) atoms. The highest BCUT2D eigenvalue weighted by molar-refractivity contribution is 4.91. The van der Waals surface area contributed by atoms with Gasteiger partial charge >= 0.3 is 0 Å². The van der Waals surface area contributed by atoms with E-state index in [1.807, 2.05) is 17.9 Å². The summed E-state index contributed by atoms with van der Waals surface area (Å²) in [5, 5.41) is 11.3. The van der Waals surface area contributed by atoms with Gasteiger partial charge in [0.05, 0.1) is 12.2 Å². The first-order valence-electron chi connectivity index (χ1n) is 6.54. The van der Waals surface area contributed by atoms with Gasteiger partial charge in [-0.3, -0.25) is 4.68 Å². The van der Waals surface area contributed by atoms with Gasteiger partial charge in [-0.1, -0.05) is 12.1 Å². The molecule has 0 spiro atoms. The molecule has 1 aliphatic rings. The number of aromatic nitrogens is 3. The summed E-state index contributed by atoms with van der Waals surface area (Å²) < 4.78 is 1.95. The maximum Gasteiger partial charge on any atom is 0.0964 e. The summed E-state index contributed by atoms with van der Waals surface area (Å²) >= 11 is 0. The Labute approximate surface area is 103 Å². The van der Waals surface area contributed by atoms with Gasteiger partial charge in [0.2, 0.25) is 0 Å². The average Bonchev–Trinajstić information content (AvgIpc) is 2.77. The first-order chi connectivity index (χ1) is 8.28. The molecule has 0 saturated carbocycles. The third-order valence-corrected chi connectivity index (χ3v) is 3.47. The molecule has 0 aromatic carbocycles. The highest BCUT2D eigenvalue weighted by Crippen LogP contribution is 2.15. The van der Waals surface area contributed by atoms with E-state index in [-0.39, 0.29) is 0 Å². The second-order valence-corrected chi connectivity index (χ2v) is 5.03. The largest absolute Gasteiger partial charge is 0.314 e. The van der Waals surface area contributed by atoms with Crippen LogP contribution in [0.4, 0.5) is 0 Å². The van der Waals surface area contributed by atoms with E-state index in [2.05, 4.69) is 27.5 Å². The third-order valence-electron chi connectivity index (χ3n) is 3.47. The Morgan fingerprint density at radius 3 is 2.82 bits per heavy atom. The second-order valence-electron chi connectivity index (χ2n) is 5.03. The molecule has 1 aromatic rings. The molecular formula is C12H23N5. The minimum atomic E-state index is 0.793. The van der Waals surface area contributed by atoms with E-state index in [1.165, 1.54) is 25.9 Å². The van der Waals surface area contributed by atoms with Gasteiger partial charge in [0.1, 0.15) is 0 Å². The zero-order valence-corrected chi connectivity index (χ0v) is 10.9. The maximum atomic E-state index is 4.13. The van der Waals surface area contributed by atoms with Gasteiger partial charge in [-0.05, 0) is 38.9 Å². The SMILES string of the molecule is CNCc1cn(CCN2CCC(C)CC2)nn1. The molecule has 96 valence electrons. The lowest BCUT2D eigenvalue weighted by Gasteiger charge is -2.29. The van der Waals surface area contributed by atoms with Crippen molar-refractivity contribution in [1.29, 1.82) is 0 Å². The van der Waals surface area contributed by atoms with Crippen molar-refractivity contribution in [2.75, 3.05) is 26.7 Å². The highest BCUT2D eigenvalue weighted by Gasteiger charge is 2.15. The number of nitrogens with one attached hydrogen (secondary N) is 1. The minimum absolute atomic E-state index is 0.793. The minimum Gasteiger partial charge on any atom is -0.314 e. The molecule has 0 atom stereocenters. The fraction of sp³-hybridized carbons (Fsp3) is 0.833. The lowest BCUT2D eigenvalue weighted by atomic mass is 9.99. The predicted molar refractivity (Wildman–Crippen MR) is 67.6 cm³/mol. The van der Waals surface area contributed by atoms with E-state index in [9.17, 15) is 0 Å². The normalized spacial score (nSPS) is 18.7. The second kappa shape index (κ2) is 6.12. The third kappa shape index (κ3) is 3.78. The molecule has 1 N–H and O–H groups in total. The van der Waals surface area contributed by atoms with Crippen LogP contribution < -0.4 is 5.32 Å². The van der Waals surface area contributed by atoms with Gasteiger partial charge in [0.25, 0.3) is 0 Å². The van der Waals surface area contributed by atoms with Crippen LogP contribution in [0.1, 0.15) is 25.5 Å². The van der Waals surface area contributed by atoms with Gasteiger partial charge < -0.3 is 10.2 Å². The highest BCUT2D eigenvalue weighted by atomic mass is 15.4. The molecule has 1 aromatic heterocycles. The molecule has 2 rings (SSSR count). The van der Waals surface area contributed by atoms with Crippen molar-refractivity contribution in [2.24, 2.45) is 5.92 Å². The first-order valence-corrected chi connectivity index (χ1v) is 6.54. The lowest BCUT2D eigenvalue weighted by molar-refractivity contribution is 0.184. The first kappa shape index (κ1) is 12.5. The number of piperidine rings is 1. The Bertz CT molecular complexity index is 327. The summed E-state index contributed by atoms with van der Waals surface area (Å²) in [4.78, 5) is 2.53. The van der Waals surface area contributed by atoms with Crippen molar-refractivity contribution in [3.05, 3.63) is 11.9 Å². The standard InChI is InChI=1S/C12H23N5/c1-11-3-5-16(6-4-11)7-8-17-10-12(9-13-2)14-15-17/h10-11,13H,3-9H2,1-2H3. The molecule has 0 amide bonds. The maximum absolute atomic E-state index is 4.13. The summed E-state index contributed by atoms with van der Waals surface area (Å²) in [6, 6.07) is 0. The Morgan fingerprint density at radius 2 is 2.12 bits per heavy atom. The number of nitrogens with zero attached hydrogens (tertiary/aromatic N) is 4. The zero-order chi connectivity index (χ0) is 12.1. The Balaban J connectivity index is 1.73. The number of rotatable bonds is 5. The summed E-state index contributed by atoms with van der Waals surface area (Å²) in [5.41, 5.74) is 1.01. The topological polar surface area (TPSA) is 46.0 Å². The monoisotopic (exact) mass is 237 g/mol. The van der Waals surface area contributed by atoms with E-state index < -0.39 is 0 Å². The van der Waals surface area contributed by atoms with Crippen LogP contribution in [0.3, 0.4) is 0 Å². The molecule has 5 heteroatoms. The van der Waals surface area contributed by atoms with Crippen LogP contribution in [0.25, 0.3) is 0 Å². The molecule has 0 radical (unpaired) electrons. The van der Waals surface area contributed by atoms with Crippen molar-refractivity contribution in [2.45, 2.75) is 32.9 Å². The van der Waals surface area contributed by atoms with Gasteiger partial charge in [0.15, 0.2) is 0 Å². The Kier molecular flexibility index (Phi) is 4.50. The van der Waals surface area contributed by atoms with E-state index in [4.69, 9.17) is 0 Å². The van der Waals surface area contributed by atoms with Crippen molar-refractivity contribution >= 4 is 0 Å². The molecule has 0 aliphatic carbocycles. The van der Waals surface area contributed by atoms with Crippen LogP contribution in [0.15, 0.2) is 6.20 Å². The van der Waals surface area contributed by atoms with E-state index >= 15 is 0 Å². The van der Waals surface area contributed by atoms with Crippen LogP contribution >= 0.6 is 0 Å². The van der Waals surface area contributed by atoms with Gasteiger partial charge in [-0.25, -0.2) is 0 Å². The Hall–Kier alpha value is -0.940. The number of hydrogen-bond donors (Lipinski definition) is 1. The molecule has 2 heterocycles. The zero-order valence-electron chi connectivity index (χ0n) is 10.9. The predicted octanol–water partition coefficient (Wildman–Crippen LogP) is 0.729. The molecular weight excluding hydrogens is 214 g/mol. The van der Waals surface area contributed by atoms with Crippen LogP contribution in [0.2, 0.25) is 0 Å². The van der Waals surface area contributed by atoms with Crippen LogP contribution in [-0.4, -0.2) is 46.6 Å². The smallest absolute Gasteiger partial charge is 0.0964 e. The summed E-state index contributed by atoms with van der Waals surface area (Å²) in [6.45, 7) is 7.65. The molecule has 1 saturated heterocycles. The fourth-order valence-electron chi connectivity index (χ4n) is 2.24. The van der Waals surface area contributed by atoms with E-state index in [0.29, 0.717) is 0 Å². The molecule has 1 aliphatic heterocycles. The van der Waals surface area contributed by atoms with Crippen molar-refractivity contribution in [3.63, 3.8) is 0 Å². The molecule has 1 fully saturated rings. The van der Waals surface area contributed by atoms with Crippen molar-refractivity contribution in [1.82, 2.24) is 25.2 Å². The van der Waals surface area contributed by atoms with Crippen LogP contribution in [0, 0.1) is 5.92 Å². The van der Waals surface area contributed by atoms with Crippen LogP contribution in [-0.2, 0) is 13.1 Å². The van der Waals surface area contributed by atoms with Gasteiger partial charge in [0, 0.05) is 19.3 Å². The summed E-state index contributed by atoms with van der Waals surface area (Å²) in [5.74, 6) is 0.903. The summed E-state index contributed by atoms with van der Waals surface area (Å²) in [7, 11) is 1.92. The number of likely N-dealkylation sites (tertiary alicyclic amines) is 1. The Morgan fingerprint density at radius 1 is 1.35 bits per heavy atom. The van der Waals surface area contributed by atoms with Crippen LogP contribution in [0.5, 0.6) is 0 Å². The average molecular weight is 237 g/mol. The molecule has 0 bridgehead atoms.